The summed E-state index contributed by atoms with van der Waals surface area (Å²) in [6.07, 6.45) is -0.873. The summed E-state index contributed by atoms with van der Waals surface area (Å²) in [6.45, 7) is 5.55. The third kappa shape index (κ3) is 6.11. The van der Waals surface area contributed by atoms with Crippen molar-refractivity contribution >= 4 is 40.9 Å². The van der Waals surface area contributed by atoms with Crippen molar-refractivity contribution in [3.05, 3.63) is 58.6 Å². The molecule has 0 aliphatic carbocycles. The van der Waals surface area contributed by atoms with Crippen LogP contribution >= 0.6 is 23.4 Å². The van der Waals surface area contributed by atoms with E-state index in [1.54, 1.807) is 31.2 Å². The van der Waals surface area contributed by atoms with Crippen LogP contribution in [0.3, 0.4) is 0 Å². The molecule has 4 nitrogen and oxygen atoms in total. The maximum Gasteiger partial charge on any atom is 0.317 e. The topological polar surface area (TPSA) is 55.4 Å². The second-order valence-electron chi connectivity index (χ2n) is 5.69. The molecule has 0 fully saturated rings. The van der Waals surface area contributed by atoms with Crippen molar-refractivity contribution in [2.24, 2.45) is 0 Å². The number of hydrogen-bond donors (Lipinski definition) is 1. The summed E-state index contributed by atoms with van der Waals surface area (Å²) in [4.78, 5) is 25.1. The first kappa shape index (κ1) is 19.3. The standard InChI is InChI=1S/C19H20ClNO3S/c1-12-4-5-13(2)17(10-12)25-11-18(22)24-14(3)19(23)21-16-8-6-15(20)7-9-16/h4-10,14H,11H2,1-3H3,(H,21,23)/t14-/m0/s1. The molecule has 0 bridgehead atoms. The Kier molecular flexibility index (Phi) is 6.91. The molecule has 0 aliphatic heterocycles. The second kappa shape index (κ2) is 8.92. The van der Waals surface area contributed by atoms with Gasteiger partial charge < -0.3 is 10.1 Å². The summed E-state index contributed by atoms with van der Waals surface area (Å²) in [5, 5.41) is 3.27. The number of ether oxygens (including phenoxy) is 1. The molecular formula is C19H20ClNO3S. The van der Waals surface area contributed by atoms with Crippen LogP contribution in [0.1, 0.15) is 18.1 Å². The van der Waals surface area contributed by atoms with Crippen LogP contribution in [0.15, 0.2) is 47.4 Å². The van der Waals surface area contributed by atoms with E-state index in [0.717, 1.165) is 16.0 Å². The molecule has 1 N–H and O–H groups in total. The summed E-state index contributed by atoms with van der Waals surface area (Å²) in [6, 6.07) is 12.8. The zero-order chi connectivity index (χ0) is 18.4. The van der Waals surface area contributed by atoms with E-state index >= 15 is 0 Å². The van der Waals surface area contributed by atoms with Crippen LogP contribution in [0.4, 0.5) is 5.69 Å². The number of nitrogens with one attached hydrogen (secondary N) is 1. The number of esters is 1. The number of anilines is 1. The fourth-order valence-corrected chi connectivity index (χ4v) is 3.09. The van der Waals surface area contributed by atoms with Crippen molar-refractivity contribution in [3.8, 4) is 0 Å². The zero-order valence-electron chi connectivity index (χ0n) is 14.3. The van der Waals surface area contributed by atoms with E-state index < -0.39 is 12.1 Å². The highest BCUT2D eigenvalue weighted by Gasteiger charge is 2.18. The molecule has 2 aromatic rings. The number of benzene rings is 2. The predicted molar refractivity (Wildman–Crippen MR) is 102 cm³/mol. The first-order valence-corrected chi connectivity index (χ1v) is 9.17. The molecule has 0 heterocycles. The van der Waals surface area contributed by atoms with Gasteiger partial charge in [0.2, 0.25) is 0 Å². The Hall–Kier alpha value is -1.98. The number of thioether (sulfide) groups is 1. The van der Waals surface area contributed by atoms with Gasteiger partial charge in [-0.2, -0.15) is 0 Å². The summed E-state index contributed by atoms with van der Waals surface area (Å²) < 4.78 is 5.20. The Morgan fingerprint density at radius 2 is 1.84 bits per heavy atom. The highest BCUT2D eigenvalue weighted by molar-refractivity contribution is 8.00. The minimum atomic E-state index is -0.873. The van der Waals surface area contributed by atoms with E-state index in [9.17, 15) is 9.59 Å². The molecule has 0 saturated heterocycles. The van der Waals surface area contributed by atoms with Gasteiger partial charge in [-0.15, -0.1) is 11.8 Å². The van der Waals surface area contributed by atoms with Gasteiger partial charge in [0.05, 0.1) is 5.75 Å². The van der Waals surface area contributed by atoms with E-state index in [0.29, 0.717) is 10.7 Å². The van der Waals surface area contributed by atoms with Gasteiger partial charge in [-0.05, 0) is 56.7 Å². The number of aryl methyl sites for hydroxylation is 2. The van der Waals surface area contributed by atoms with Crippen molar-refractivity contribution in [1.82, 2.24) is 0 Å². The molecule has 0 saturated carbocycles. The average Bonchev–Trinajstić information content (AvgIpc) is 2.57. The summed E-state index contributed by atoms with van der Waals surface area (Å²) in [7, 11) is 0. The highest BCUT2D eigenvalue weighted by atomic mass is 35.5. The molecular weight excluding hydrogens is 358 g/mol. The Bertz CT molecular complexity index is 762. The summed E-state index contributed by atoms with van der Waals surface area (Å²) in [5.41, 5.74) is 2.84. The van der Waals surface area contributed by atoms with E-state index in [1.807, 2.05) is 32.0 Å². The number of halogens is 1. The first-order valence-electron chi connectivity index (χ1n) is 7.81. The average molecular weight is 378 g/mol. The van der Waals surface area contributed by atoms with E-state index in [4.69, 9.17) is 16.3 Å². The zero-order valence-corrected chi connectivity index (χ0v) is 15.9. The molecule has 0 spiro atoms. The second-order valence-corrected chi connectivity index (χ2v) is 7.14. The lowest BCUT2D eigenvalue weighted by Crippen LogP contribution is -2.30. The third-order valence-electron chi connectivity index (χ3n) is 3.48. The molecule has 0 aliphatic rings. The van der Waals surface area contributed by atoms with Gasteiger partial charge in [-0.1, -0.05) is 29.3 Å². The molecule has 1 atom stereocenters. The maximum atomic E-state index is 12.1. The SMILES string of the molecule is Cc1ccc(C)c(SCC(=O)O[C@@H](C)C(=O)Nc2ccc(Cl)cc2)c1. The molecule has 2 rings (SSSR count). The molecule has 0 aromatic heterocycles. The lowest BCUT2D eigenvalue weighted by atomic mass is 10.2. The van der Waals surface area contributed by atoms with Gasteiger partial charge in [-0.3, -0.25) is 9.59 Å². The molecule has 0 radical (unpaired) electrons. The summed E-state index contributed by atoms with van der Waals surface area (Å²) >= 11 is 7.21. The molecule has 132 valence electrons. The van der Waals surface area contributed by atoms with Crippen molar-refractivity contribution in [2.75, 3.05) is 11.1 Å². The van der Waals surface area contributed by atoms with Crippen LogP contribution in [0, 0.1) is 13.8 Å². The van der Waals surface area contributed by atoms with Gasteiger partial charge in [0, 0.05) is 15.6 Å². The normalized spacial score (nSPS) is 11.7. The van der Waals surface area contributed by atoms with E-state index in [1.165, 1.54) is 11.8 Å². The molecule has 1 amide bonds. The number of rotatable bonds is 6. The summed E-state index contributed by atoms with van der Waals surface area (Å²) in [5.74, 6) is -0.653. The van der Waals surface area contributed by atoms with Gasteiger partial charge in [0.15, 0.2) is 6.10 Å². The fourth-order valence-electron chi connectivity index (χ4n) is 2.06. The number of carbonyl (C=O) groups is 2. The Morgan fingerprint density at radius 1 is 1.16 bits per heavy atom. The Morgan fingerprint density at radius 3 is 2.52 bits per heavy atom. The smallest absolute Gasteiger partial charge is 0.317 e. The molecule has 6 heteroatoms. The lowest BCUT2D eigenvalue weighted by Gasteiger charge is -2.14. The van der Waals surface area contributed by atoms with E-state index in [2.05, 4.69) is 5.32 Å². The monoisotopic (exact) mass is 377 g/mol. The first-order chi connectivity index (χ1) is 11.8. The van der Waals surface area contributed by atoms with Gasteiger partial charge >= 0.3 is 5.97 Å². The molecule has 25 heavy (non-hydrogen) atoms. The van der Waals surface area contributed by atoms with Crippen LogP contribution in [0.2, 0.25) is 5.02 Å². The quantitative estimate of drug-likeness (QED) is 0.589. The molecule has 0 unspecified atom stereocenters. The van der Waals surface area contributed by atoms with Gasteiger partial charge in [0.1, 0.15) is 0 Å². The Balaban J connectivity index is 1.83. The van der Waals surface area contributed by atoms with Crippen LogP contribution < -0.4 is 5.32 Å². The van der Waals surface area contributed by atoms with E-state index in [-0.39, 0.29) is 11.7 Å². The van der Waals surface area contributed by atoms with Gasteiger partial charge in [0.25, 0.3) is 5.91 Å². The number of carbonyl (C=O) groups excluding carboxylic acids is 2. The Labute approximate surface area is 156 Å². The lowest BCUT2D eigenvalue weighted by molar-refractivity contribution is -0.150. The molecule has 2 aromatic carbocycles. The van der Waals surface area contributed by atoms with Gasteiger partial charge in [-0.25, -0.2) is 0 Å². The van der Waals surface area contributed by atoms with Crippen LogP contribution in [-0.2, 0) is 14.3 Å². The van der Waals surface area contributed by atoms with Crippen molar-refractivity contribution in [1.29, 1.82) is 0 Å². The predicted octanol–water partition coefficient (Wildman–Crippen LogP) is 4.62. The van der Waals surface area contributed by atoms with Crippen molar-refractivity contribution < 1.29 is 14.3 Å². The fraction of sp³-hybridized carbons (Fsp3) is 0.263. The maximum absolute atomic E-state index is 12.1. The number of amides is 1. The number of hydrogen-bond acceptors (Lipinski definition) is 4. The van der Waals surface area contributed by atoms with Crippen LogP contribution in [-0.4, -0.2) is 23.7 Å². The largest absolute Gasteiger partial charge is 0.452 e. The third-order valence-corrected chi connectivity index (χ3v) is 4.86. The van der Waals surface area contributed by atoms with Crippen LogP contribution in [0.25, 0.3) is 0 Å². The minimum absolute atomic E-state index is 0.156. The highest BCUT2D eigenvalue weighted by Crippen LogP contribution is 2.23. The van der Waals surface area contributed by atoms with Crippen molar-refractivity contribution in [2.45, 2.75) is 31.8 Å². The van der Waals surface area contributed by atoms with Crippen LogP contribution in [0.5, 0.6) is 0 Å². The minimum Gasteiger partial charge on any atom is -0.452 e. The van der Waals surface area contributed by atoms with Crippen molar-refractivity contribution in [3.63, 3.8) is 0 Å².